The van der Waals surface area contributed by atoms with Gasteiger partial charge in [0.2, 0.25) is 0 Å². The maximum atomic E-state index is 9.63. The lowest BCUT2D eigenvalue weighted by Gasteiger charge is -2.08. The summed E-state index contributed by atoms with van der Waals surface area (Å²) in [7, 11) is 0. The van der Waals surface area contributed by atoms with E-state index in [0.717, 1.165) is 11.1 Å². The van der Waals surface area contributed by atoms with Crippen LogP contribution < -0.4 is 10.5 Å². The van der Waals surface area contributed by atoms with Crippen LogP contribution in [0.2, 0.25) is 0 Å². The largest absolute Gasteiger partial charge is 0.507 e. The summed E-state index contributed by atoms with van der Waals surface area (Å²) in [6.07, 6.45) is 0. The summed E-state index contributed by atoms with van der Waals surface area (Å²) >= 11 is 0. The maximum Gasteiger partial charge on any atom is 0.123 e. The maximum absolute atomic E-state index is 9.63. The Kier molecular flexibility index (Phi) is 10.7. The SMILES string of the molecule is CC.CC.NCc1ccc(OCc2ccccc2)cc1O. The zero-order chi connectivity index (χ0) is 16.1. The molecule has 0 amide bonds. The zero-order valence-electron chi connectivity index (χ0n) is 13.5. The lowest BCUT2D eigenvalue weighted by Crippen LogP contribution is -1.98. The Balaban J connectivity index is 0.000000921. The number of benzene rings is 2. The first kappa shape index (κ1) is 19.0. The van der Waals surface area contributed by atoms with Crippen LogP contribution in [0.3, 0.4) is 0 Å². The molecule has 2 aromatic rings. The van der Waals surface area contributed by atoms with E-state index in [0.29, 0.717) is 18.9 Å². The van der Waals surface area contributed by atoms with Gasteiger partial charge in [-0.15, -0.1) is 0 Å². The van der Waals surface area contributed by atoms with Crippen LogP contribution in [0, 0.1) is 0 Å². The smallest absolute Gasteiger partial charge is 0.123 e. The molecule has 0 spiro atoms. The Morgan fingerprint density at radius 2 is 1.57 bits per heavy atom. The van der Waals surface area contributed by atoms with Crippen molar-refractivity contribution >= 4 is 0 Å². The lowest BCUT2D eigenvalue weighted by atomic mass is 10.2. The molecular formula is C18H27NO2. The van der Waals surface area contributed by atoms with Crippen molar-refractivity contribution in [3.05, 3.63) is 59.7 Å². The third-order valence-corrected chi connectivity index (χ3v) is 2.53. The molecule has 21 heavy (non-hydrogen) atoms. The molecule has 0 saturated carbocycles. The molecule has 0 saturated heterocycles. The first-order chi connectivity index (χ1) is 10.3. The number of hydrogen-bond acceptors (Lipinski definition) is 3. The van der Waals surface area contributed by atoms with Gasteiger partial charge in [-0.3, -0.25) is 0 Å². The third kappa shape index (κ3) is 6.82. The fraction of sp³-hybridized carbons (Fsp3) is 0.333. The van der Waals surface area contributed by atoms with Crippen LogP contribution in [0.4, 0.5) is 0 Å². The van der Waals surface area contributed by atoms with Gasteiger partial charge in [0, 0.05) is 18.2 Å². The predicted molar refractivity (Wildman–Crippen MR) is 89.5 cm³/mol. The monoisotopic (exact) mass is 289 g/mol. The minimum Gasteiger partial charge on any atom is -0.507 e. The van der Waals surface area contributed by atoms with Crippen molar-refractivity contribution < 1.29 is 9.84 Å². The van der Waals surface area contributed by atoms with E-state index in [4.69, 9.17) is 10.5 Å². The van der Waals surface area contributed by atoms with E-state index in [2.05, 4.69) is 0 Å². The Morgan fingerprint density at radius 3 is 2.10 bits per heavy atom. The summed E-state index contributed by atoms with van der Waals surface area (Å²) in [5.41, 5.74) is 7.28. The molecule has 0 aliphatic carbocycles. The number of phenolic OH excluding ortho intramolecular Hbond substituents is 1. The number of ether oxygens (including phenoxy) is 1. The van der Waals surface area contributed by atoms with E-state index in [1.54, 1.807) is 12.1 Å². The molecule has 0 fully saturated rings. The molecule has 3 heteroatoms. The van der Waals surface area contributed by atoms with Crippen LogP contribution in [0.5, 0.6) is 11.5 Å². The van der Waals surface area contributed by atoms with E-state index in [1.165, 1.54) is 0 Å². The van der Waals surface area contributed by atoms with E-state index in [1.807, 2.05) is 64.1 Å². The molecule has 0 aliphatic heterocycles. The van der Waals surface area contributed by atoms with Crippen molar-refractivity contribution in [2.24, 2.45) is 5.73 Å². The normalized spacial score (nSPS) is 8.81. The molecule has 0 heterocycles. The van der Waals surface area contributed by atoms with Gasteiger partial charge in [0.05, 0.1) is 0 Å². The number of phenols is 1. The Bertz CT molecular complexity index is 484. The van der Waals surface area contributed by atoms with Gasteiger partial charge in [-0.1, -0.05) is 64.1 Å². The van der Waals surface area contributed by atoms with Gasteiger partial charge >= 0.3 is 0 Å². The molecule has 116 valence electrons. The standard InChI is InChI=1S/C14H15NO2.2C2H6/c15-9-12-6-7-13(8-14(12)16)17-10-11-4-2-1-3-5-11;2*1-2/h1-8,16H,9-10,15H2;2*1-2H3. The number of aromatic hydroxyl groups is 1. The summed E-state index contributed by atoms with van der Waals surface area (Å²) in [5.74, 6) is 0.821. The Hall–Kier alpha value is -2.00. The van der Waals surface area contributed by atoms with Gasteiger partial charge in [0.25, 0.3) is 0 Å². The Morgan fingerprint density at radius 1 is 0.952 bits per heavy atom. The second kappa shape index (κ2) is 11.8. The van der Waals surface area contributed by atoms with Gasteiger partial charge in [0.1, 0.15) is 18.1 Å². The van der Waals surface area contributed by atoms with Gasteiger partial charge < -0.3 is 15.6 Å². The molecule has 3 N–H and O–H groups in total. The van der Waals surface area contributed by atoms with Crippen LogP contribution in [0.1, 0.15) is 38.8 Å². The summed E-state index contributed by atoms with van der Waals surface area (Å²) in [4.78, 5) is 0. The fourth-order valence-corrected chi connectivity index (χ4v) is 1.55. The second-order valence-electron chi connectivity index (χ2n) is 3.77. The molecule has 3 nitrogen and oxygen atoms in total. The molecule has 0 atom stereocenters. The number of hydrogen-bond donors (Lipinski definition) is 2. The average Bonchev–Trinajstić information content (AvgIpc) is 2.58. The molecular weight excluding hydrogens is 262 g/mol. The van der Waals surface area contributed by atoms with Crippen molar-refractivity contribution in [1.29, 1.82) is 0 Å². The number of rotatable bonds is 4. The third-order valence-electron chi connectivity index (χ3n) is 2.53. The first-order valence-electron chi connectivity index (χ1n) is 7.48. The highest BCUT2D eigenvalue weighted by Crippen LogP contribution is 2.23. The molecule has 2 aromatic carbocycles. The lowest BCUT2D eigenvalue weighted by molar-refractivity contribution is 0.304. The molecule has 0 radical (unpaired) electrons. The van der Waals surface area contributed by atoms with E-state index >= 15 is 0 Å². The van der Waals surface area contributed by atoms with Crippen molar-refractivity contribution in [3.8, 4) is 11.5 Å². The van der Waals surface area contributed by atoms with Crippen LogP contribution >= 0.6 is 0 Å². The highest BCUT2D eigenvalue weighted by Gasteiger charge is 2.01. The van der Waals surface area contributed by atoms with E-state index in [-0.39, 0.29) is 5.75 Å². The minimum absolute atomic E-state index is 0.179. The summed E-state index contributed by atoms with van der Waals surface area (Å²) < 4.78 is 5.57. The summed E-state index contributed by atoms with van der Waals surface area (Å²) in [6, 6.07) is 15.1. The minimum atomic E-state index is 0.179. The van der Waals surface area contributed by atoms with Crippen LogP contribution in [-0.2, 0) is 13.2 Å². The Labute approximate surface area is 128 Å². The first-order valence-corrected chi connectivity index (χ1v) is 7.48. The van der Waals surface area contributed by atoms with Crippen molar-refractivity contribution in [3.63, 3.8) is 0 Å². The van der Waals surface area contributed by atoms with E-state index < -0.39 is 0 Å². The highest BCUT2D eigenvalue weighted by atomic mass is 16.5. The average molecular weight is 289 g/mol. The molecule has 2 rings (SSSR count). The van der Waals surface area contributed by atoms with Gasteiger partial charge in [0.15, 0.2) is 0 Å². The van der Waals surface area contributed by atoms with Crippen molar-refractivity contribution in [1.82, 2.24) is 0 Å². The summed E-state index contributed by atoms with van der Waals surface area (Å²) in [5, 5.41) is 9.63. The van der Waals surface area contributed by atoms with Crippen molar-refractivity contribution in [2.45, 2.75) is 40.8 Å². The van der Waals surface area contributed by atoms with Gasteiger partial charge in [-0.05, 0) is 11.6 Å². The highest BCUT2D eigenvalue weighted by molar-refractivity contribution is 5.39. The molecule has 0 aliphatic rings. The fourth-order valence-electron chi connectivity index (χ4n) is 1.55. The van der Waals surface area contributed by atoms with Gasteiger partial charge in [-0.2, -0.15) is 0 Å². The van der Waals surface area contributed by atoms with Crippen LogP contribution in [0.15, 0.2) is 48.5 Å². The van der Waals surface area contributed by atoms with E-state index in [9.17, 15) is 5.11 Å². The molecule has 0 bridgehead atoms. The number of nitrogens with two attached hydrogens (primary N) is 1. The quantitative estimate of drug-likeness (QED) is 0.872. The molecule has 0 aromatic heterocycles. The summed E-state index contributed by atoms with van der Waals surface area (Å²) in [6.45, 7) is 8.81. The molecule has 0 unspecified atom stereocenters. The van der Waals surface area contributed by atoms with Crippen LogP contribution in [-0.4, -0.2) is 5.11 Å². The zero-order valence-corrected chi connectivity index (χ0v) is 13.5. The van der Waals surface area contributed by atoms with Crippen molar-refractivity contribution in [2.75, 3.05) is 0 Å². The van der Waals surface area contributed by atoms with Crippen LogP contribution in [0.25, 0.3) is 0 Å². The van der Waals surface area contributed by atoms with Gasteiger partial charge in [-0.25, -0.2) is 0 Å². The topological polar surface area (TPSA) is 55.5 Å². The second-order valence-corrected chi connectivity index (χ2v) is 3.77. The predicted octanol–water partition coefficient (Wildman–Crippen LogP) is 4.48.